The second-order valence-electron chi connectivity index (χ2n) is 9.60. The summed E-state index contributed by atoms with van der Waals surface area (Å²) in [7, 11) is 0.739. The highest BCUT2D eigenvalue weighted by atomic mass is 28.3. The van der Waals surface area contributed by atoms with Crippen molar-refractivity contribution in [2.24, 2.45) is 7.05 Å². The Morgan fingerprint density at radius 3 is 2.56 bits per heavy atom. The van der Waals surface area contributed by atoms with Crippen LogP contribution in [0.15, 0.2) is 49.1 Å². The van der Waals surface area contributed by atoms with Crippen LogP contribution < -0.4 is 5.32 Å². The smallest absolute Gasteiger partial charge is 0.161 e. The predicted octanol–water partition coefficient (Wildman–Crippen LogP) is 5.14. The third-order valence-electron chi connectivity index (χ3n) is 5.55. The van der Waals surface area contributed by atoms with E-state index in [1.165, 1.54) is 0 Å². The van der Waals surface area contributed by atoms with Crippen LogP contribution in [-0.2, 0) is 18.5 Å². The molecule has 0 aliphatic heterocycles. The van der Waals surface area contributed by atoms with Crippen LogP contribution in [0.3, 0.4) is 0 Å². The monoisotopic (exact) mass is 473 g/mol. The third kappa shape index (κ3) is 5.71. The third-order valence-corrected chi connectivity index (χ3v) is 7.26. The number of rotatable bonds is 10. The number of nitrogens with one attached hydrogen (secondary N) is 1. The van der Waals surface area contributed by atoms with Crippen molar-refractivity contribution < 1.29 is 4.74 Å². The molecule has 0 saturated heterocycles. The van der Waals surface area contributed by atoms with Crippen LogP contribution in [0.1, 0.15) is 6.42 Å². The minimum absolute atomic E-state index is 0.440. The average Bonchev–Trinajstić information content (AvgIpc) is 3.40. The summed E-state index contributed by atoms with van der Waals surface area (Å²) < 4.78 is 9.82. The van der Waals surface area contributed by atoms with Crippen molar-refractivity contribution in [2.45, 2.75) is 38.8 Å². The maximum absolute atomic E-state index is 8.74. The van der Waals surface area contributed by atoms with Crippen molar-refractivity contribution in [1.82, 2.24) is 24.3 Å². The molecule has 9 heteroatoms. The van der Waals surface area contributed by atoms with Gasteiger partial charge in [0, 0.05) is 57.5 Å². The van der Waals surface area contributed by atoms with Crippen molar-refractivity contribution in [2.75, 3.05) is 18.5 Å². The van der Waals surface area contributed by atoms with Gasteiger partial charge in [-0.2, -0.15) is 10.4 Å². The van der Waals surface area contributed by atoms with Gasteiger partial charge in [-0.15, -0.1) is 0 Å². The van der Waals surface area contributed by atoms with E-state index >= 15 is 0 Å². The number of hydrogen-bond acceptors (Lipinski definition) is 6. The van der Waals surface area contributed by atoms with Crippen molar-refractivity contribution >= 4 is 24.9 Å². The van der Waals surface area contributed by atoms with E-state index in [0.29, 0.717) is 19.7 Å². The summed E-state index contributed by atoms with van der Waals surface area (Å²) in [5.74, 6) is 0. The lowest BCUT2D eigenvalue weighted by Gasteiger charge is -2.15. The Hall–Kier alpha value is -3.48. The zero-order chi connectivity index (χ0) is 24.1. The summed E-state index contributed by atoms with van der Waals surface area (Å²) in [5.41, 5.74) is 6.39. The molecule has 0 spiro atoms. The molecule has 0 aliphatic rings. The van der Waals surface area contributed by atoms with Gasteiger partial charge < -0.3 is 14.6 Å². The Morgan fingerprint density at radius 2 is 1.88 bits per heavy atom. The molecule has 0 saturated carbocycles. The van der Waals surface area contributed by atoms with Crippen molar-refractivity contribution in [3.8, 4) is 28.5 Å². The number of ether oxygens (including phenoxy) is 1. The van der Waals surface area contributed by atoms with Gasteiger partial charge in [0.25, 0.3) is 0 Å². The highest BCUT2D eigenvalue weighted by Gasteiger charge is 2.16. The number of fused-ring (bicyclic) bond motifs is 1. The Balaban J connectivity index is 1.66. The normalized spacial score (nSPS) is 11.6. The van der Waals surface area contributed by atoms with Gasteiger partial charge in [-0.3, -0.25) is 4.68 Å². The fraction of sp³-hybridized carbons (Fsp3) is 0.360. The lowest BCUT2D eigenvalue weighted by Crippen LogP contribution is -2.22. The van der Waals surface area contributed by atoms with Crippen molar-refractivity contribution in [3.05, 3.63) is 49.1 Å². The highest BCUT2D eigenvalue weighted by Crippen LogP contribution is 2.31. The van der Waals surface area contributed by atoms with Gasteiger partial charge in [-0.25, -0.2) is 9.97 Å². The molecule has 0 aliphatic carbocycles. The second-order valence-corrected chi connectivity index (χ2v) is 15.2. The lowest BCUT2D eigenvalue weighted by atomic mass is 10.1. The minimum atomic E-state index is -1.15. The number of benzene rings is 1. The molecule has 8 nitrogen and oxygen atoms in total. The summed E-state index contributed by atoms with van der Waals surface area (Å²) in [4.78, 5) is 9.73. The van der Waals surface area contributed by atoms with Gasteiger partial charge in [-0.05, 0) is 23.7 Å². The molecule has 0 bridgehead atoms. The van der Waals surface area contributed by atoms with Gasteiger partial charge in [0.05, 0.1) is 30.6 Å². The highest BCUT2D eigenvalue weighted by molar-refractivity contribution is 6.76. The van der Waals surface area contributed by atoms with E-state index < -0.39 is 8.07 Å². The van der Waals surface area contributed by atoms with Gasteiger partial charge in [0.1, 0.15) is 12.2 Å². The summed E-state index contributed by atoms with van der Waals surface area (Å²) in [5, 5.41) is 16.3. The van der Waals surface area contributed by atoms with Crippen LogP contribution in [-0.4, -0.2) is 45.5 Å². The largest absolute Gasteiger partial charge is 0.384 e. The Bertz CT molecular complexity index is 1300. The van der Waals surface area contributed by atoms with Crippen molar-refractivity contribution in [1.29, 1.82) is 5.26 Å². The second kappa shape index (κ2) is 10.2. The molecule has 0 fully saturated rings. The maximum atomic E-state index is 8.74. The Morgan fingerprint density at radius 1 is 1.09 bits per heavy atom. The van der Waals surface area contributed by atoms with Crippen molar-refractivity contribution in [3.63, 3.8) is 0 Å². The predicted molar refractivity (Wildman–Crippen MR) is 138 cm³/mol. The quantitative estimate of drug-likeness (QED) is 0.253. The first-order valence-electron chi connectivity index (χ1n) is 11.5. The number of nitrogens with zero attached hydrogens (tertiary/aromatic N) is 6. The van der Waals surface area contributed by atoms with Crippen LogP contribution in [0.25, 0.3) is 33.5 Å². The molecular weight excluding hydrogens is 442 g/mol. The van der Waals surface area contributed by atoms with Crippen LogP contribution in [0.4, 0.5) is 5.69 Å². The van der Waals surface area contributed by atoms with Gasteiger partial charge in [-0.1, -0.05) is 31.8 Å². The number of aromatic nitrogens is 5. The van der Waals surface area contributed by atoms with Gasteiger partial charge in [0.2, 0.25) is 0 Å². The van der Waals surface area contributed by atoms with Gasteiger partial charge in [0.15, 0.2) is 5.65 Å². The van der Waals surface area contributed by atoms with E-state index in [9.17, 15) is 0 Å². The average molecular weight is 474 g/mol. The minimum Gasteiger partial charge on any atom is -0.384 e. The number of hydrogen-bond donors (Lipinski definition) is 1. The number of anilines is 1. The maximum Gasteiger partial charge on any atom is 0.161 e. The Kier molecular flexibility index (Phi) is 7.10. The SMILES string of the molecule is Cn1cc(-c2cnc3c(n2)c(-c2ccc(NCCC#N)cc2)cn3COCC[Si](C)(C)C)cn1. The topological polar surface area (TPSA) is 93.6 Å². The Labute approximate surface area is 201 Å². The first-order chi connectivity index (χ1) is 16.3. The first kappa shape index (κ1) is 23.7. The van der Waals surface area contributed by atoms with E-state index in [4.69, 9.17) is 20.0 Å². The van der Waals surface area contributed by atoms with Gasteiger partial charge >= 0.3 is 0 Å². The molecule has 3 aromatic heterocycles. The van der Waals surface area contributed by atoms with Crippen LogP contribution in [0.5, 0.6) is 0 Å². The molecule has 4 rings (SSSR count). The summed E-state index contributed by atoms with van der Waals surface area (Å²) in [6, 6.07) is 11.5. The van der Waals surface area contributed by atoms with E-state index in [1.807, 2.05) is 29.9 Å². The molecular formula is C25H31N7OSi. The zero-order valence-corrected chi connectivity index (χ0v) is 21.2. The number of aryl methyl sites for hydroxylation is 1. The van der Waals surface area contributed by atoms with Crippen LogP contribution in [0, 0.1) is 11.3 Å². The molecule has 34 heavy (non-hydrogen) atoms. The molecule has 1 aromatic carbocycles. The lowest BCUT2D eigenvalue weighted by molar-refractivity contribution is 0.0899. The molecule has 176 valence electrons. The fourth-order valence-electron chi connectivity index (χ4n) is 3.63. The summed E-state index contributed by atoms with van der Waals surface area (Å²) >= 11 is 0. The molecule has 3 heterocycles. The fourth-order valence-corrected chi connectivity index (χ4v) is 4.38. The van der Waals surface area contributed by atoms with E-state index in [1.54, 1.807) is 17.1 Å². The molecule has 0 unspecified atom stereocenters. The van der Waals surface area contributed by atoms with E-state index in [0.717, 1.165) is 51.9 Å². The first-order valence-corrected chi connectivity index (χ1v) is 15.2. The van der Waals surface area contributed by atoms with E-state index in [2.05, 4.69) is 54.5 Å². The molecule has 0 atom stereocenters. The molecule has 0 amide bonds. The summed E-state index contributed by atoms with van der Waals surface area (Å²) in [6.07, 6.45) is 8.08. The zero-order valence-electron chi connectivity index (χ0n) is 20.2. The standard InChI is InChI=1S/C25H31N7OSi/c1-31-16-20(14-29-31)23-15-28-25-24(30-23)22(17-32(25)18-33-12-13-34(2,3)4)19-6-8-21(9-7-19)27-11-5-10-26/h6-9,14-17,27H,5,11-13,18H2,1-4H3. The van der Waals surface area contributed by atoms with Crippen LogP contribution in [0.2, 0.25) is 25.7 Å². The number of nitriles is 1. The molecule has 1 N–H and O–H groups in total. The summed E-state index contributed by atoms with van der Waals surface area (Å²) in [6.45, 7) is 8.87. The molecule has 4 aromatic rings. The molecule has 0 radical (unpaired) electrons. The van der Waals surface area contributed by atoms with E-state index in [-0.39, 0.29) is 0 Å². The van der Waals surface area contributed by atoms with Crippen LogP contribution >= 0.6 is 0 Å².